The molecule has 1 aliphatic rings. The van der Waals surface area contributed by atoms with E-state index < -0.39 is 11.7 Å². The van der Waals surface area contributed by atoms with Gasteiger partial charge >= 0.3 is 6.09 Å². The van der Waals surface area contributed by atoms with Crippen molar-refractivity contribution in [1.29, 1.82) is 0 Å². The zero-order chi connectivity index (χ0) is 18.6. The summed E-state index contributed by atoms with van der Waals surface area (Å²) in [5.41, 5.74) is 0.485. The SMILES string of the molecule is CC(C)n1cc(N(SNC(=O)OC(C)(C)C)C2CCCN(C)C2)cn1. The van der Waals surface area contributed by atoms with Gasteiger partial charge in [-0.15, -0.1) is 0 Å². The second kappa shape index (κ2) is 8.31. The maximum Gasteiger partial charge on any atom is 0.419 e. The Hall–Kier alpha value is -1.41. The van der Waals surface area contributed by atoms with Crippen LogP contribution in [0, 0.1) is 0 Å². The zero-order valence-corrected chi connectivity index (χ0v) is 17.0. The fourth-order valence-corrected chi connectivity index (χ4v) is 3.51. The average molecular weight is 370 g/mol. The minimum absolute atomic E-state index is 0.299. The fraction of sp³-hybridized carbons (Fsp3) is 0.765. The Balaban J connectivity index is 2.09. The lowest BCUT2D eigenvalue weighted by molar-refractivity contribution is 0.0574. The molecule has 2 rings (SSSR count). The van der Waals surface area contributed by atoms with Gasteiger partial charge in [-0.05, 0) is 61.1 Å². The third-order valence-electron chi connectivity index (χ3n) is 3.93. The molecule has 0 radical (unpaired) electrons. The number of ether oxygens (including phenoxy) is 1. The molecule has 0 aromatic carbocycles. The topological polar surface area (TPSA) is 62.6 Å². The van der Waals surface area contributed by atoms with Crippen LogP contribution in [-0.4, -0.2) is 52.6 Å². The molecule has 2 heterocycles. The van der Waals surface area contributed by atoms with Crippen molar-refractivity contribution in [2.75, 3.05) is 24.4 Å². The summed E-state index contributed by atoms with van der Waals surface area (Å²) >= 11 is 1.29. The van der Waals surface area contributed by atoms with Crippen molar-refractivity contribution in [3.8, 4) is 0 Å². The Morgan fingerprint density at radius 2 is 2.20 bits per heavy atom. The predicted molar refractivity (Wildman–Crippen MR) is 103 cm³/mol. The van der Waals surface area contributed by atoms with Crippen LogP contribution in [0.4, 0.5) is 10.5 Å². The second-order valence-corrected chi connectivity index (χ2v) is 8.63. The highest BCUT2D eigenvalue weighted by Crippen LogP contribution is 2.28. The van der Waals surface area contributed by atoms with Crippen LogP contribution in [-0.2, 0) is 4.74 Å². The molecule has 8 heteroatoms. The molecule has 1 atom stereocenters. The summed E-state index contributed by atoms with van der Waals surface area (Å²) in [4.78, 5) is 14.4. The minimum Gasteiger partial charge on any atom is -0.443 e. The molecular formula is C17H31N5O2S. The highest BCUT2D eigenvalue weighted by atomic mass is 32.2. The summed E-state index contributed by atoms with van der Waals surface area (Å²) in [6.07, 6.45) is 5.69. The van der Waals surface area contributed by atoms with Crippen LogP contribution in [0.1, 0.15) is 53.5 Å². The molecule has 142 valence electrons. The molecule has 1 aliphatic heterocycles. The van der Waals surface area contributed by atoms with Crippen molar-refractivity contribution >= 4 is 23.9 Å². The molecule has 1 N–H and O–H groups in total. The Kier molecular flexibility index (Phi) is 6.62. The minimum atomic E-state index is -0.511. The molecule has 25 heavy (non-hydrogen) atoms. The lowest BCUT2D eigenvalue weighted by Crippen LogP contribution is -2.45. The molecular weight excluding hydrogens is 338 g/mol. The standard InChI is InChI=1S/C17H31N5O2S/c1-13(2)21-12-15(10-18-21)22(14-8-7-9-20(6)11-14)25-19-16(23)24-17(3,4)5/h10,12-14H,7-9,11H2,1-6H3,(H,19,23). The molecule has 0 saturated carbocycles. The number of hydrogen-bond acceptors (Lipinski definition) is 6. The summed E-state index contributed by atoms with van der Waals surface area (Å²) in [7, 11) is 2.13. The van der Waals surface area contributed by atoms with E-state index in [0.29, 0.717) is 12.1 Å². The maximum absolute atomic E-state index is 12.0. The highest BCUT2D eigenvalue weighted by molar-refractivity contribution is 7.99. The molecule has 0 spiro atoms. The van der Waals surface area contributed by atoms with Crippen molar-refractivity contribution in [3.05, 3.63) is 12.4 Å². The number of carbonyl (C=O) groups is 1. The number of anilines is 1. The molecule has 1 aromatic rings. The Bertz CT molecular complexity index is 570. The van der Waals surface area contributed by atoms with Crippen molar-refractivity contribution in [2.45, 2.75) is 65.1 Å². The molecule has 1 fully saturated rings. The average Bonchev–Trinajstić information content (AvgIpc) is 2.95. The molecule has 0 aliphatic carbocycles. The number of piperidine rings is 1. The van der Waals surface area contributed by atoms with Gasteiger partial charge in [0.05, 0.1) is 30.1 Å². The summed E-state index contributed by atoms with van der Waals surface area (Å²) in [5.74, 6) is 0. The molecule has 7 nitrogen and oxygen atoms in total. The van der Waals surface area contributed by atoms with Crippen molar-refractivity contribution < 1.29 is 9.53 Å². The van der Waals surface area contributed by atoms with E-state index in [2.05, 4.69) is 39.9 Å². The molecule has 1 saturated heterocycles. The lowest BCUT2D eigenvalue weighted by Gasteiger charge is -2.37. The normalized spacial score (nSPS) is 19.1. The molecule has 0 bridgehead atoms. The molecule has 1 aromatic heterocycles. The van der Waals surface area contributed by atoms with E-state index in [4.69, 9.17) is 4.74 Å². The number of hydrogen-bond donors (Lipinski definition) is 1. The fourth-order valence-electron chi connectivity index (χ4n) is 2.78. The van der Waals surface area contributed by atoms with Gasteiger partial charge in [0.2, 0.25) is 0 Å². The van der Waals surface area contributed by atoms with Crippen molar-refractivity contribution in [3.63, 3.8) is 0 Å². The lowest BCUT2D eigenvalue weighted by atomic mass is 10.1. The van der Waals surface area contributed by atoms with Gasteiger partial charge in [-0.1, -0.05) is 0 Å². The number of amides is 1. The summed E-state index contributed by atoms with van der Waals surface area (Å²) in [6.45, 7) is 11.8. The van der Waals surface area contributed by atoms with Crippen LogP contribution in [0.15, 0.2) is 12.4 Å². The molecule has 1 unspecified atom stereocenters. The van der Waals surface area contributed by atoms with Gasteiger partial charge in [0.25, 0.3) is 0 Å². The third-order valence-corrected chi connectivity index (χ3v) is 4.89. The van der Waals surface area contributed by atoms with Crippen LogP contribution < -0.4 is 9.03 Å². The van der Waals surface area contributed by atoms with Gasteiger partial charge in [-0.25, -0.2) is 9.52 Å². The number of likely N-dealkylation sites (N-methyl/N-ethyl adjacent to an activating group) is 1. The van der Waals surface area contributed by atoms with Crippen LogP contribution in [0.5, 0.6) is 0 Å². The van der Waals surface area contributed by atoms with Crippen molar-refractivity contribution in [1.82, 2.24) is 19.4 Å². The predicted octanol–water partition coefficient (Wildman–Crippen LogP) is 3.45. The van der Waals surface area contributed by atoms with Crippen LogP contribution >= 0.6 is 12.1 Å². The van der Waals surface area contributed by atoms with Crippen LogP contribution in [0.3, 0.4) is 0 Å². The van der Waals surface area contributed by atoms with E-state index >= 15 is 0 Å². The number of aromatic nitrogens is 2. The van der Waals surface area contributed by atoms with Crippen LogP contribution in [0.2, 0.25) is 0 Å². The quantitative estimate of drug-likeness (QED) is 0.802. The monoisotopic (exact) mass is 369 g/mol. The zero-order valence-electron chi connectivity index (χ0n) is 16.2. The number of carbonyl (C=O) groups excluding carboxylic acids is 1. The maximum atomic E-state index is 12.0. The first kappa shape index (κ1) is 19.9. The number of nitrogens with zero attached hydrogens (tertiary/aromatic N) is 4. The van der Waals surface area contributed by atoms with Crippen LogP contribution in [0.25, 0.3) is 0 Å². The van der Waals surface area contributed by atoms with E-state index in [1.807, 2.05) is 37.8 Å². The Morgan fingerprint density at radius 3 is 2.76 bits per heavy atom. The van der Waals surface area contributed by atoms with Gasteiger partial charge in [-0.3, -0.25) is 8.99 Å². The highest BCUT2D eigenvalue weighted by Gasteiger charge is 2.27. The van der Waals surface area contributed by atoms with Gasteiger partial charge < -0.3 is 9.64 Å². The van der Waals surface area contributed by atoms with E-state index in [-0.39, 0.29) is 0 Å². The van der Waals surface area contributed by atoms with Gasteiger partial charge in [0.15, 0.2) is 0 Å². The van der Waals surface area contributed by atoms with E-state index in [1.54, 1.807) is 0 Å². The Morgan fingerprint density at radius 1 is 1.48 bits per heavy atom. The summed E-state index contributed by atoms with van der Waals surface area (Å²) in [5, 5.41) is 4.44. The van der Waals surface area contributed by atoms with Gasteiger partial charge in [-0.2, -0.15) is 5.10 Å². The van der Waals surface area contributed by atoms with E-state index in [1.165, 1.54) is 12.1 Å². The number of rotatable bonds is 5. The largest absolute Gasteiger partial charge is 0.443 e. The molecule has 1 amide bonds. The first-order valence-electron chi connectivity index (χ1n) is 8.83. The second-order valence-electron chi connectivity index (χ2n) is 7.85. The summed E-state index contributed by atoms with van der Waals surface area (Å²) < 4.78 is 12.2. The first-order valence-corrected chi connectivity index (χ1v) is 9.61. The third kappa shape index (κ3) is 6.11. The van der Waals surface area contributed by atoms with Crippen molar-refractivity contribution in [2.24, 2.45) is 0 Å². The first-order chi connectivity index (χ1) is 11.7. The van der Waals surface area contributed by atoms with E-state index in [9.17, 15) is 4.79 Å². The number of nitrogens with one attached hydrogen (secondary N) is 1. The van der Waals surface area contributed by atoms with Gasteiger partial charge in [0, 0.05) is 18.8 Å². The van der Waals surface area contributed by atoms with Gasteiger partial charge in [0.1, 0.15) is 5.60 Å². The van der Waals surface area contributed by atoms with E-state index in [0.717, 1.165) is 31.6 Å². The number of likely N-dealkylation sites (tertiary alicyclic amines) is 1. The summed E-state index contributed by atoms with van der Waals surface area (Å²) in [6, 6.07) is 0.608. The Labute approximate surface area is 155 Å². The smallest absolute Gasteiger partial charge is 0.419 e.